The third-order valence-corrected chi connectivity index (χ3v) is 5.73. The molecule has 3 nitrogen and oxygen atoms in total. The molecule has 0 aliphatic carbocycles. The maximum atomic E-state index is 6.26. The van der Waals surface area contributed by atoms with E-state index in [9.17, 15) is 0 Å². The Kier molecular flexibility index (Phi) is 10.5. The van der Waals surface area contributed by atoms with E-state index in [-0.39, 0.29) is 18.5 Å². The highest BCUT2D eigenvalue weighted by molar-refractivity contribution is 5.33. The molecule has 2 atom stereocenters. The average Bonchev–Trinajstić information content (AvgIpc) is 2.70. The molecule has 0 spiro atoms. The van der Waals surface area contributed by atoms with E-state index >= 15 is 0 Å². The maximum absolute atomic E-state index is 6.26. The molecule has 0 bridgehead atoms. The number of benzene rings is 2. The number of rotatable bonds is 10. The quantitative estimate of drug-likeness (QED) is 0.574. The van der Waals surface area contributed by atoms with Crippen LogP contribution in [0.3, 0.4) is 0 Å². The zero-order chi connectivity index (χ0) is 20.5. The van der Waals surface area contributed by atoms with Crippen LogP contribution in [0.4, 0.5) is 0 Å². The molecule has 0 radical (unpaired) electrons. The minimum atomic E-state index is 0. The van der Waals surface area contributed by atoms with Crippen molar-refractivity contribution in [2.75, 3.05) is 26.7 Å². The van der Waals surface area contributed by atoms with Crippen LogP contribution in [0, 0.1) is 5.92 Å². The topological polar surface area (TPSA) is 22.9 Å². The molecule has 1 aliphatic rings. The molecule has 0 aromatic heterocycles. The van der Waals surface area contributed by atoms with Gasteiger partial charge in [0.15, 0.2) is 0 Å². The standard InChI is InChI=1S/C26H37NO2.ClH/c1-21(2)29-25-15-8-11-22(18-25)10-4-5-13-24-14-6-7-16-26(24)28-20-23-12-9-17-27(3)19-23;/h6-8,11,14-16,18,21,23H,4-5,9-10,12-13,17,19-20H2,1-3H3;1H. The molecule has 3 rings (SSSR count). The second-order valence-electron chi connectivity index (χ2n) is 8.86. The lowest BCUT2D eigenvalue weighted by Gasteiger charge is -2.27. The van der Waals surface area contributed by atoms with Crippen molar-refractivity contribution in [2.24, 2.45) is 5.92 Å². The van der Waals surface area contributed by atoms with Crippen LogP contribution >= 0.6 is 0 Å². The number of quaternary nitrogens is 1. The Morgan fingerprint density at radius 3 is 2.63 bits per heavy atom. The van der Waals surface area contributed by atoms with Gasteiger partial charge in [0, 0.05) is 5.92 Å². The van der Waals surface area contributed by atoms with Crippen molar-refractivity contribution in [1.29, 1.82) is 0 Å². The summed E-state index contributed by atoms with van der Waals surface area (Å²) in [4.78, 5) is 1.64. The van der Waals surface area contributed by atoms with Gasteiger partial charge in [-0.05, 0) is 81.7 Å². The number of ether oxygens (including phenoxy) is 2. The van der Waals surface area contributed by atoms with E-state index < -0.39 is 0 Å². The first kappa shape index (κ1) is 24.6. The van der Waals surface area contributed by atoms with E-state index in [0.717, 1.165) is 30.9 Å². The van der Waals surface area contributed by atoms with Crippen molar-refractivity contribution < 1.29 is 26.8 Å². The maximum Gasteiger partial charge on any atom is 0.122 e. The van der Waals surface area contributed by atoms with Crippen molar-refractivity contribution in [3.63, 3.8) is 0 Å². The average molecular weight is 432 g/mol. The fraction of sp³-hybridized carbons (Fsp3) is 0.538. The fourth-order valence-electron chi connectivity index (χ4n) is 4.28. The molecule has 0 amide bonds. The number of hydrogen-bond donors (Lipinski definition) is 1. The summed E-state index contributed by atoms with van der Waals surface area (Å²) in [5.41, 5.74) is 2.71. The zero-order valence-electron chi connectivity index (χ0n) is 18.8. The molecule has 30 heavy (non-hydrogen) atoms. The summed E-state index contributed by atoms with van der Waals surface area (Å²) >= 11 is 0. The number of para-hydroxylation sites is 1. The fourth-order valence-corrected chi connectivity index (χ4v) is 4.28. The molecule has 1 saturated heterocycles. The van der Waals surface area contributed by atoms with Crippen molar-refractivity contribution in [2.45, 2.75) is 58.5 Å². The number of likely N-dealkylation sites (tertiary alicyclic amines) is 1. The third-order valence-electron chi connectivity index (χ3n) is 5.73. The molecule has 4 heteroatoms. The largest absolute Gasteiger partial charge is 1.00 e. The molecule has 2 unspecified atom stereocenters. The zero-order valence-corrected chi connectivity index (χ0v) is 19.6. The van der Waals surface area contributed by atoms with E-state index in [1.807, 2.05) is 6.07 Å². The van der Waals surface area contributed by atoms with Crippen LogP contribution in [0.1, 0.15) is 50.7 Å². The van der Waals surface area contributed by atoms with Gasteiger partial charge in [-0.25, -0.2) is 0 Å². The van der Waals surface area contributed by atoms with E-state index in [4.69, 9.17) is 9.47 Å². The highest BCUT2D eigenvalue weighted by atomic mass is 35.5. The van der Waals surface area contributed by atoms with Crippen LogP contribution in [-0.2, 0) is 12.8 Å². The Balaban J connectivity index is 0.00000320. The van der Waals surface area contributed by atoms with Gasteiger partial charge in [0.2, 0.25) is 0 Å². The first-order valence-corrected chi connectivity index (χ1v) is 11.4. The smallest absolute Gasteiger partial charge is 0.122 e. The van der Waals surface area contributed by atoms with Gasteiger partial charge >= 0.3 is 0 Å². The first-order valence-electron chi connectivity index (χ1n) is 11.4. The third kappa shape index (κ3) is 8.20. The second-order valence-corrected chi connectivity index (χ2v) is 8.86. The Morgan fingerprint density at radius 2 is 1.83 bits per heavy atom. The summed E-state index contributed by atoms with van der Waals surface area (Å²) < 4.78 is 12.1. The Labute approximate surface area is 189 Å². The predicted molar refractivity (Wildman–Crippen MR) is 120 cm³/mol. The molecule has 1 heterocycles. The van der Waals surface area contributed by atoms with Gasteiger partial charge in [-0.3, -0.25) is 0 Å². The van der Waals surface area contributed by atoms with Crippen LogP contribution < -0.4 is 26.8 Å². The number of aryl methyl sites for hydroxylation is 2. The minimum Gasteiger partial charge on any atom is -1.00 e. The summed E-state index contributed by atoms with van der Waals surface area (Å²) in [6.45, 7) is 7.54. The first-order chi connectivity index (χ1) is 14.1. The summed E-state index contributed by atoms with van der Waals surface area (Å²) in [5, 5.41) is 0. The molecule has 0 saturated carbocycles. The molecule has 1 N–H and O–H groups in total. The SMILES string of the molecule is CC(C)Oc1cccc(CCCCc2ccccc2OCC2CCC[NH+](C)C2)c1.[Cl-]. The molecule has 166 valence electrons. The van der Waals surface area contributed by atoms with Gasteiger partial charge in [0.1, 0.15) is 11.5 Å². The number of piperidine rings is 1. The lowest BCUT2D eigenvalue weighted by Crippen LogP contribution is -3.10. The van der Waals surface area contributed by atoms with Crippen molar-refractivity contribution >= 4 is 0 Å². The Hall–Kier alpha value is -1.71. The number of unbranched alkanes of at least 4 members (excludes halogenated alkanes) is 1. The summed E-state index contributed by atoms with van der Waals surface area (Å²) in [7, 11) is 2.30. The van der Waals surface area contributed by atoms with Crippen molar-refractivity contribution in [3.8, 4) is 11.5 Å². The van der Waals surface area contributed by atoms with Crippen LogP contribution in [0.2, 0.25) is 0 Å². The second kappa shape index (κ2) is 12.9. The van der Waals surface area contributed by atoms with Gasteiger partial charge in [-0.15, -0.1) is 0 Å². The van der Waals surface area contributed by atoms with Gasteiger partial charge in [-0.2, -0.15) is 0 Å². The molecular formula is C26H38ClNO2. The van der Waals surface area contributed by atoms with E-state index in [1.54, 1.807) is 4.90 Å². The van der Waals surface area contributed by atoms with Gasteiger partial charge < -0.3 is 26.8 Å². The van der Waals surface area contributed by atoms with Gasteiger partial charge in [0.05, 0.1) is 32.8 Å². The molecule has 2 aromatic carbocycles. The molecular weight excluding hydrogens is 394 g/mol. The van der Waals surface area contributed by atoms with Crippen LogP contribution in [0.25, 0.3) is 0 Å². The van der Waals surface area contributed by atoms with Crippen LogP contribution in [0.15, 0.2) is 48.5 Å². The molecule has 2 aromatic rings. The highest BCUT2D eigenvalue weighted by Crippen LogP contribution is 2.23. The monoisotopic (exact) mass is 431 g/mol. The van der Waals surface area contributed by atoms with E-state index in [1.165, 1.54) is 49.9 Å². The normalized spacial score (nSPS) is 18.7. The van der Waals surface area contributed by atoms with E-state index in [0.29, 0.717) is 5.92 Å². The summed E-state index contributed by atoms with van der Waals surface area (Å²) in [6.07, 6.45) is 7.37. The number of hydrogen-bond acceptors (Lipinski definition) is 2. The highest BCUT2D eigenvalue weighted by Gasteiger charge is 2.21. The summed E-state index contributed by atoms with van der Waals surface area (Å²) in [5.74, 6) is 2.76. The van der Waals surface area contributed by atoms with Gasteiger partial charge in [-0.1, -0.05) is 30.3 Å². The lowest BCUT2D eigenvalue weighted by atomic mass is 9.99. The lowest BCUT2D eigenvalue weighted by molar-refractivity contribution is -0.888. The summed E-state index contributed by atoms with van der Waals surface area (Å²) in [6, 6.07) is 17.1. The molecule has 1 fully saturated rings. The minimum absolute atomic E-state index is 0. The predicted octanol–water partition coefficient (Wildman–Crippen LogP) is 1.35. The van der Waals surface area contributed by atoms with E-state index in [2.05, 4.69) is 63.4 Å². The number of nitrogens with one attached hydrogen (secondary N) is 1. The van der Waals surface area contributed by atoms with Crippen molar-refractivity contribution in [3.05, 3.63) is 59.7 Å². The van der Waals surface area contributed by atoms with Crippen LogP contribution in [-0.4, -0.2) is 32.8 Å². The Morgan fingerprint density at radius 1 is 1.03 bits per heavy atom. The van der Waals surface area contributed by atoms with Gasteiger partial charge in [0.25, 0.3) is 0 Å². The number of halogens is 1. The van der Waals surface area contributed by atoms with Crippen molar-refractivity contribution in [1.82, 2.24) is 0 Å². The van der Waals surface area contributed by atoms with Crippen LogP contribution in [0.5, 0.6) is 11.5 Å². The molecule has 1 aliphatic heterocycles. The Bertz CT molecular complexity index is 749.